The van der Waals surface area contributed by atoms with E-state index in [0.29, 0.717) is 33.3 Å². The minimum Gasteiger partial charge on any atom is -0.437 e. The van der Waals surface area contributed by atoms with Gasteiger partial charge in [0.15, 0.2) is 0 Å². The van der Waals surface area contributed by atoms with Crippen LogP contribution in [0.3, 0.4) is 0 Å². The van der Waals surface area contributed by atoms with Gasteiger partial charge in [-0.05, 0) is 35.0 Å². The third-order valence-corrected chi connectivity index (χ3v) is 3.43. The SMILES string of the molecule is Cc1c(N)nc(C(C)C)nc1Oc1cc(F)ccc1Br. The number of hydrogen-bond acceptors (Lipinski definition) is 4. The van der Waals surface area contributed by atoms with Crippen molar-refractivity contribution in [3.05, 3.63) is 39.9 Å². The molecule has 0 spiro atoms. The van der Waals surface area contributed by atoms with E-state index in [-0.39, 0.29) is 11.7 Å². The van der Waals surface area contributed by atoms with Crippen LogP contribution in [0, 0.1) is 12.7 Å². The summed E-state index contributed by atoms with van der Waals surface area (Å²) in [5, 5.41) is 0. The number of halogens is 2. The molecule has 0 atom stereocenters. The average molecular weight is 340 g/mol. The van der Waals surface area contributed by atoms with Crippen LogP contribution in [0.4, 0.5) is 10.2 Å². The second kappa shape index (κ2) is 5.75. The highest BCUT2D eigenvalue weighted by molar-refractivity contribution is 9.10. The van der Waals surface area contributed by atoms with E-state index in [0.717, 1.165) is 0 Å². The van der Waals surface area contributed by atoms with Gasteiger partial charge >= 0.3 is 0 Å². The van der Waals surface area contributed by atoms with Crippen molar-refractivity contribution in [3.8, 4) is 11.6 Å². The molecule has 0 unspecified atom stereocenters. The molecular weight excluding hydrogens is 325 g/mol. The van der Waals surface area contributed by atoms with Gasteiger partial charge in [-0.3, -0.25) is 0 Å². The summed E-state index contributed by atoms with van der Waals surface area (Å²) < 4.78 is 19.6. The zero-order valence-electron chi connectivity index (χ0n) is 11.4. The molecule has 20 heavy (non-hydrogen) atoms. The van der Waals surface area contributed by atoms with Gasteiger partial charge in [-0.1, -0.05) is 13.8 Å². The van der Waals surface area contributed by atoms with Gasteiger partial charge in [0.05, 0.1) is 10.0 Å². The Morgan fingerprint density at radius 2 is 2.00 bits per heavy atom. The Kier molecular flexibility index (Phi) is 4.23. The average Bonchev–Trinajstić information content (AvgIpc) is 2.38. The van der Waals surface area contributed by atoms with Crippen molar-refractivity contribution in [2.45, 2.75) is 26.7 Å². The standard InChI is InChI=1S/C14H15BrFN3O/c1-7(2)13-18-12(17)8(3)14(19-13)20-11-6-9(16)4-5-10(11)15/h4-7H,1-3H3,(H2,17,18,19). The summed E-state index contributed by atoms with van der Waals surface area (Å²) in [6.45, 7) is 5.69. The third-order valence-electron chi connectivity index (χ3n) is 2.77. The predicted octanol–water partition coefficient (Wildman–Crippen LogP) is 4.18. The van der Waals surface area contributed by atoms with Crippen molar-refractivity contribution < 1.29 is 9.13 Å². The smallest absolute Gasteiger partial charge is 0.227 e. The molecule has 1 aromatic carbocycles. The summed E-state index contributed by atoms with van der Waals surface area (Å²) in [6, 6.07) is 4.21. The topological polar surface area (TPSA) is 61.0 Å². The molecule has 0 saturated carbocycles. The number of aromatic nitrogens is 2. The molecular formula is C14H15BrFN3O. The summed E-state index contributed by atoms with van der Waals surface area (Å²) in [7, 11) is 0. The number of rotatable bonds is 3. The molecule has 2 N–H and O–H groups in total. The van der Waals surface area contributed by atoms with E-state index in [1.807, 2.05) is 13.8 Å². The van der Waals surface area contributed by atoms with Crippen molar-refractivity contribution in [2.24, 2.45) is 0 Å². The van der Waals surface area contributed by atoms with Crippen molar-refractivity contribution in [3.63, 3.8) is 0 Å². The lowest BCUT2D eigenvalue weighted by Crippen LogP contribution is -2.06. The molecule has 1 aromatic heterocycles. The van der Waals surface area contributed by atoms with Crippen molar-refractivity contribution in [1.82, 2.24) is 9.97 Å². The first-order valence-electron chi connectivity index (χ1n) is 6.15. The van der Waals surface area contributed by atoms with E-state index in [9.17, 15) is 4.39 Å². The number of ether oxygens (including phenoxy) is 1. The van der Waals surface area contributed by atoms with Crippen LogP contribution in [0.15, 0.2) is 22.7 Å². The number of hydrogen-bond donors (Lipinski definition) is 1. The molecule has 0 saturated heterocycles. The van der Waals surface area contributed by atoms with Crippen molar-refractivity contribution >= 4 is 21.7 Å². The fourth-order valence-electron chi connectivity index (χ4n) is 1.55. The summed E-state index contributed by atoms with van der Waals surface area (Å²) in [6.07, 6.45) is 0. The van der Waals surface area contributed by atoms with Crippen molar-refractivity contribution in [2.75, 3.05) is 5.73 Å². The quantitative estimate of drug-likeness (QED) is 0.910. The van der Waals surface area contributed by atoms with Crippen LogP contribution in [0.1, 0.15) is 31.2 Å². The molecule has 2 aromatic rings. The first-order chi connectivity index (χ1) is 9.38. The molecule has 6 heteroatoms. The number of nitrogens with two attached hydrogens (primary N) is 1. The molecule has 0 fully saturated rings. The van der Waals surface area contributed by atoms with E-state index in [1.54, 1.807) is 13.0 Å². The zero-order chi connectivity index (χ0) is 14.9. The molecule has 0 aliphatic heterocycles. The minimum absolute atomic E-state index is 0.121. The molecule has 106 valence electrons. The maximum atomic E-state index is 13.3. The maximum Gasteiger partial charge on any atom is 0.227 e. The van der Waals surface area contributed by atoms with E-state index in [4.69, 9.17) is 10.5 Å². The van der Waals surface area contributed by atoms with E-state index in [1.165, 1.54) is 12.1 Å². The third kappa shape index (κ3) is 3.07. The molecule has 1 heterocycles. The minimum atomic E-state index is -0.382. The van der Waals surface area contributed by atoms with Crippen LogP contribution in [0.25, 0.3) is 0 Å². The highest BCUT2D eigenvalue weighted by Crippen LogP contribution is 2.32. The van der Waals surface area contributed by atoms with Gasteiger partial charge in [-0.25, -0.2) is 9.37 Å². The number of nitrogen functional groups attached to an aromatic ring is 1. The van der Waals surface area contributed by atoms with Crippen molar-refractivity contribution in [1.29, 1.82) is 0 Å². The number of benzene rings is 1. The molecule has 0 bridgehead atoms. The Labute approximate surface area is 125 Å². The highest BCUT2D eigenvalue weighted by atomic mass is 79.9. The molecule has 0 aliphatic rings. The fourth-order valence-corrected chi connectivity index (χ4v) is 1.87. The Bertz CT molecular complexity index is 647. The summed E-state index contributed by atoms with van der Waals surface area (Å²) in [5.41, 5.74) is 6.49. The Morgan fingerprint density at radius 1 is 1.30 bits per heavy atom. The summed E-state index contributed by atoms with van der Waals surface area (Å²) in [4.78, 5) is 8.56. The van der Waals surface area contributed by atoms with Crippen LogP contribution in [-0.2, 0) is 0 Å². The molecule has 0 aliphatic carbocycles. The monoisotopic (exact) mass is 339 g/mol. The van der Waals surface area contributed by atoms with Crippen LogP contribution in [0.2, 0.25) is 0 Å². The lowest BCUT2D eigenvalue weighted by molar-refractivity contribution is 0.446. The van der Waals surface area contributed by atoms with Gasteiger partial charge in [0.2, 0.25) is 5.88 Å². The fraction of sp³-hybridized carbons (Fsp3) is 0.286. The van der Waals surface area contributed by atoms with E-state index < -0.39 is 0 Å². The number of anilines is 1. The van der Waals surface area contributed by atoms with Gasteiger partial charge in [-0.2, -0.15) is 4.98 Å². The van der Waals surface area contributed by atoms with E-state index >= 15 is 0 Å². The molecule has 2 rings (SSSR count). The van der Waals surface area contributed by atoms with Gasteiger partial charge < -0.3 is 10.5 Å². The summed E-state index contributed by atoms with van der Waals surface area (Å²) >= 11 is 3.31. The molecule has 0 amide bonds. The van der Waals surface area contributed by atoms with Gasteiger partial charge in [0.25, 0.3) is 0 Å². The van der Waals surface area contributed by atoms with Gasteiger partial charge in [0.1, 0.15) is 23.2 Å². The Hall–Kier alpha value is -1.69. The van der Waals surface area contributed by atoms with Gasteiger partial charge in [-0.15, -0.1) is 0 Å². The first kappa shape index (κ1) is 14.7. The lowest BCUT2D eigenvalue weighted by Gasteiger charge is -2.13. The lowest BCUT2D eigenvalue weighted by atomic mass is 10.2. The molecule has 4 nitrogen and oxygen atoms in total. The largest absolute Gasteiger partial charge is 0.437 e. The zero-order valence-corrected chi connectivity index (χ0v) is 13.0. The predicted molar refractivity (Wildman–Crippen MR) is 79.4 cm³/mol. The van der Waals surface area contributed by atoms with Crippen LogP contribution in [0.5, 0.6) is 11.6 Å². The molecule has 0 radical (unpaired) electrons. The van der Waals surface area contributed by atoms with Crippen LogP contribution >= 0.6 is 15.9 Å². The summed E-state index contributed by atoms with van der Waals surface area (Å²) in [5.74, 6) is 1.39. The van der Waals surface area contributed by atoms with Crippen LogP contribution < -0.4 is 10.5 Å². The first-order valence-corrected chi connectivity index (χ1v) is 6.94. The normalized spacial score (nSPS) is 10.9. The number of nitrogens with zero attached hydrogens (tertiary/aromatic N) is 2. The van der Waals surface area contributed by atoms with E-state index in [2.05, 4.69) is 25.9 Å². The second-order valence-corrected chi connectivity index (χ2v) is 5.58. The van der Waals surface area contributed by atoms with Gasteiger partial charge in [0, 0.05) is 12.0 Å². The Morgan fingerprint density at radius 3 is 2.65 bits per heavy atom. The second-order valence-electron chi connectivity index (χ2n) is 4.73. The van der Waals surface area contributed by atoms with Crippen LogP contribution in [-0.4, -0.2) is 9.97 Å². The maximum absolute atomic E-state index is 13.3. The Balaban J connectivity index is 2.45. The highest BCUT2D eigenvalue weighted by Gasteiger charge is 2.14.